The number of hydrogen-bond donors (Lipinski definition) is 3. The van der Waals surface area contributed by atoms with Crippen LogP contribution in [0.15, 0.2) is 6.20 Å². The van der Waals surface area contributed by atoms with Crippen molar-refractivity contribution in [3.05, 3.63) is 12.0 Å². The van der Waals surface area contributed by atoms with E-state index in [1.807, 2.05) is 0 Å². The Morgan fingerprint density at radius 3 is 2.94 bits per heavy atom. The van der Waals surface area contributed by atoms with E-state index in [2.05, 4.69) is 20.7 Å². The van der Waals surface area contributed by atoms with Gasteiger partial charge in [0.1, 0.15) is 0 Å². The minimum atomic E-state index is -0.505. The molecule has 0 aliphatic heterocycles. The molecule has 0 bridgehead atoms. The van der Waals surface area contributed by atoms with E-state index in [1.54, 1.807) is 0 Å². The van der Waals surface area contributed by atoms with Crippen LogP contribution in [0.3, 0.4) is 0 Å². The summed E-state index contributed by atoms with van der Waals surface area (Å²) in [4.78, 5) is 7.53. The molecule has 0 aromatic carbocycles. The highest BCUT2D eigenvalue weighted by atomic mass is 19.1. The normalized spacial score (nSPS) is 15.9. The van der Waals surface area contributed by atoms with Crippen LogP contribution in [0.5, 0.6) is 0 Å². The molecule has 1 aliphatic rings. The molecule has 7 heteroatoms. The van der Waals surface area contributed by atoms with Gasteiger partial charge in [0.2, 0.25) is 5.95 Å². The molecule has 1 aromatic rings. The Kier molecular flexibility index (Phi) is 4.66. The summed E-state index contributed by atoms with van der Waals surface area (Å²) in [5.41, 5.74) is 2.27. The van der Waals surface area contributed by atoms with Crippen LogP contribution in [0.1, 0.15) is 25.7 Å². The van der Waals surface area contributed by atoms with E-state index >= 15 is 0 Å². The number of nitrogens with two attached hydrogens (primary N) is 1. The summed E-state index contributed by atoms with van der Waals surface area (Å²) in [6, 6.07) is 0. The van der Waals surface area contributed by atoms with Crippen LogP contribution in [0.25, 0.3) is 0 Å². The van der Waals surface area contributed by atoms with Crippen molar-refractivity contribution in [1.82, 2.24) is 9.97 Å². The van der Waals surface area contributed by atoms with Crippen LogP contribution in [0.2, 0.25) is 0 Å². The monoisotopic (exact) mass is 255 g/mol. The van der Waals surface area contributed by atoms with Crippen LogP contribution in [-0.4, -0.2) is 29.2 Å². The average molecular weight is 255 g/mol. The molecule has 0 spiro atoms. The number of ether oxygens (including phenoxy) is 1. The Morgan fingerprint density at radius 1 is 1.44 bits per heavy atom. The number of nitrogens with one attached hydrogen (secondary N) is 2. The third-order valence-corrected chi connectivity index (χ3v) is 2.92. The second kappa shape index (κ2) is 6.46. The Hall–Kier alpha value is -1.47. The van der Waals surface area contributed by atoms with Gasteiger partial charge in [0.05, 0.1) is 18.9 Å². The van der Waals surface area contributed by atoms with Crippen molar-refractivity contribution in [2.45, 2.75) is 31.8 Å². The number of hydrogen-bond acceptors (Lipinski definition) is 6. The van der Waals surface area contributed by atoms with Crippen molar-refractivity contribution in [2.24, 2.45) is 5.84 Å². The Labute approximate surface area is 105 Å². The summed E-state index contributed by atoms with van der Waals surface area (Å²) in [5, 5.41) is 2.86. The molecular weight excluding hydrogens is 237 g/mol. The van der Waals surface area contributed by atoms with Crippen molar-refractivity contribution in [1.29, 1.82) is 0 Å². The number of anilines is 2. The Morgan fingerprint density at radius 2 is 2.22 bits per heavy atom. The molecule has 18 heavy (non-hydrogen) atoms. The topological polar surface area (TPSA) is 85.1 Å². The highest BCUT2D eigenvalue weighted by molar-refractivity contribution is 5.40. The van der Waals surface area contributed by atoms with Crippen LogP contribution >= 0.6 is 0 Å². The SMILES string of the molecule is NNc1ncc(F)c(NCCOC2CCCC2)n1. The van der Waals surface area contributed by atoms with Crippen LogP contribution in [-0.2, 0) is 4.74 Å². The molecule has 0 unspecified atom stereocenters. The van der Waals surface area contributed by atoms with Gasteiger partial charge in [-0.05, 0) is 12.8 Å². The smallest absolute Gasteiger partial charge is 0.239 e. The Bertz CT molecular complexity index is 384. The molecule has 1 heterocycles. The van der Waals surface area contributed by atoms with Crippen molar-refractivity contribution < 1.29 is 9.13 Å². The molecule has 0 atom stereocenters. The number of aromatic nitrogens is 2. The average Bonchev–Trinajstić information content (AvgIpc) is 2.89. The number of halogens is 1. The van der Waals surface area contributed by atoms with Gasteiger partial charge >= 0.3 is 0 Å². The largest absolute Gasteiger partial charge is 0.376 e. The van der Waals surface area contributed by atoms with Crippen molar-refractivity contribution >= 4 is 11.8 Å². The molecule has 1 saturated carbocycles. The fourth-order valence-corrected chi connectivity index (χ4v) is 2.01. The van der Waals surface area contributed by atoms with Gasteiger partial charge in [0.15, 0.2) is 11.6 Å². The first-order valence-electron chi connectivity index (χ1n) is 6.14. The summed E-state index contributed by atoms with van der Waals surface area (Å²) >= 11 is 0. The zero-order valence-corrected chi connectivity index (χ0v) is 10.2. The van der Waals surface area contributed by atoms with Gasteiger partial charge in [-0.1, -0.05) is 12.8 Å². The van der Waals surface area contributed by atoms with Crippen molar-refractivity contribution in [3.8, 4) is 0 Å². The molecule has 6 nitrogen and oxygen atoms in total. The summed E-state index contributed by atoms with van der Waals surface area (Å²) in [6.45, 7) is 1.05. The molecule has 1 fully saturated rings. The van der Waals surface area contributed by atoms with Crippen molar-refractivity contribution in [2.75, 3.05) is 23.9 Å². The minimum Gasteiger partial charge on any atom is -0.376 e. The van der Waals surface area contributed by atoms with Crippen molar-refractivity contribution in [3.63, 3.8) is 0 Å². The fraction of sp³-hybridized carbons (Fsp3) is 0.636. The number of nitrogens with zero attached hydrogens (tertiary/aromatic N) is 2. The van der Waals surface area contributed by atoms with Crippen LogP contribution < -0.4 is 16.6 Å². The van der Waals surface area contributed by atoms with Gasteiger partial charge in [0.25, 0.3) is 0 Å². The highest BCUT2D eigenvalue weighted by Crippen LogP contribution is 2.20. The van der Waals surface area contributed by atoms with E-state index in [4.69, 9.17) is 10.6 Å². The number of rotatable bonds is 6. The quantitative estimate of drug-likeness (QED) is 0.403. The first-order valence-corrected chi connectivity index (χ1v) is 6.14. The molecule has 0 saturated heterocycles. The fourth-order valence-electron chi connectivity index (χ4n) is 2.01. The zero-order chi connectivity index (χ0) is 12.8. The lowest BCUT2D eigenvalue weighted by molar-refractivity contribution is 0.0658. The maximum absolute atomic E-state index is 13.3. The lowest BCUT2D eigenvalue weighted by Crippen LogP contribution is -2.17. The standard InChI is InChI=1S/C11H18FN5O/c12-9-7-15-11(17-13)16-10(9)14-5-6-18-8-3-1-2-4-8/h7-8H,1-6,13H2,(H2,14,15,16,17). The molecule has 4 N–H and O–H groups in total. The third kappa shape index (κ3) is 3.51. The lowest BCUT2D eigenvalue weighted by atomic mass is 10.3. The van der Waals surface area contributed by atoms with Gasteiger partial charge < -0.3 is 10.1 Å². The predicted molar refractivity (Wildman–Crippen MR) is 66.5 cm³/mol. The second-order valence-corrected chi connectivity index (χ2v) is 4.24. The molecule has 2 rings (SSSR count). The summed E-state index contributed by atoms with van der Waals surface area (Å²) in [6.07, 6.45) is 6.17. The molecule has 1 aromatic heterocycles. The predicted octanol–water partition coefficient (Wildman–Crippen LogP) is 1.27. The second-order valence-electron chi connectivity index (χ2n) is 4.24. The Balaban J connectivity index is 1.75. The third-order valence-electron chi connectivity index (χ3n) is 2.92. The molecular formula is C11H18FN5O. The summed E-state index contributed by atoms with van der Waals surface area (Å²) in [5.74, 6) is 4.96. The van der Waals surface area contributed by atoms with Gasteiger partial charge in [-0.25, -0.2) is 15.2 Å². The van der Waals surface area contributed by atoms with E-state index in [-0.39, 0.29) is 11.8 Å². The van der Waals surface area contributed by atoms with E-state index in [1.165, 1.54) is 12.8 Å². The zero-order valence-electron chi connectivity index (χ0n) is 10.2. The van der Waals surface area contributed by atoms with Gasteiger partial charge in [-0.3, -0.25) is 5.43 Å². The van der Waals surface area contributed by atoms with E-state index in [0.717, 1.165) is 19.0 Å². The minimum absolute atomic E-state index is 0.132. The maximum atomic E-state index is 13.3. The van der Waals surface area contributed by atoms with E-state index in [9.17, 15) is 4.39 Å². The van der Waals surface area contributed by atoms with Gasteiger partial charge in [-0.2, -0.15) is 4.98 Å². The summed E-state index contributed by atoms with van der Waals surface area (Å²) < 4.78 is 19.0. The van der Waals surface area contributed by atoms with Gasteiger partial charge in [0, 0.05) is 6.54 Å². The molecule has 0 radical (unpaired) electrons. The molecule has 1 aliphatic carbocycles. The number of nitrogen functional groups attached to an aromatic ring is 1. The molecule has 0 amide bonds. The first-order chi connectivity index (χ1) is 8.79. The summed E-state index contributed by atoms with van der Waals surface area (Å²) in [7, 11) is 0. The van der Waals surface area contributed by atoms with E-state index < -0.39 is 5.82 Å². The van der Waals surface area contributed by atoms with Gasteiger partial charge in [-0.15, -0.1) is 0 Å². The van der Waals surface area contributed by atoms with Crippen LogP contribution in [0.4, 0.5) is 16.2 Å². The van der Waals surface area contributed by atoms with Crippen LogP contribution in [0, 0.1) is 5.82 Å². The first kappa shape index (κ1) is 13.0. The van der Waals surface area contributed by atoms with E-state index in [0.29, 0.717) is 19.3 Å². The maximum Gasteiger partial charge on any atom is 0.239 e. The lowest BCUT2D eigenvalue weighted by Gasteiger charge is -2.12. The highest BCUT2D eigenvalue weighted by Gasteiger charge is 2.14. The molecule has 100 valence electrons. The number of hydrazine groups is 1.